The maximum atomic E-state index is 12.1. The Morgan fingerprint density at radius 3 is 2.79 bits per heavy atom. The predicted molar refractivity (Wildman–Crippen MR) is 78.6 cm³/mol. The molecular formula is C12H10BrN3O2S. The van der Waals surface area contributed by atoms with Gasteiger partial charge in [-0.15, -0.1) is 11.3 Å². The molecule has 5 nitrogen and oxygen atoms in total. The van der Waals surface area contributed by atoms with Gasteiger partial charge in [-0.1, -0.05) is 6.07 Å². The van der Waals surface area contributed by atoms with E-state index in [1.807, 2.05) is 0 Å². The molecule has 98 valence electrons. The van der Waals surface area contributed by atoms with E-state index in [0.29, 0.717) is 26.5 Å². The molecule has 1 aromatic carbocycles. The molecule has 0 bridgehead atoms. The Morgan fingerprint density at radius 2 is 2.16 bits per heavy atom. The van der Waals surface area contributed by atoms with Crippen molar-refractivity contribution in [1.82, 2.24) is 4.98 Å². The molecule has 0 saturated carbocycles. The van der Waals surface area contributed by atoms with Crippen molar-refractivity contribution < 1.29 is 9.59 Å². The van der Waals surface area contributed by atoms with E-state index < -0.39 is 0 Å². The summed E-state index contributed by atoms with van der Waals surface area (Å²) in [4.78, 5) is 27.2. The SMILES string of the molecule is CC(=O)c1csc(NC(=O)c2cccc(N)c2Br)n1. The van der Waals surface area contributed by atoms with E-state index in [9.17, 15) is 9.59 Å². The number of amides is 1. The van der Waals surface area contributed by atoms with E-state index >= 15 is 0 Å². The average molecular weight is 340 g/mol. The Hall–Kier alpha value is -1.73. The average Bonchev–Trinajstić information content (AvgIpc) is 2.81. The van der Waals surface area contributed by atoms with Crippen molar-refractivity contribution in [2.24, 2.45) is 0 Å². The minimum atomic E-state index is -0.330. The highest BCUT2D eigenvalue weighted by molar-refractivity contribution is 9.10. The number of halogens is 1. The van der Waals surface area contributed by atoms with Crippen LogP contribution in [0.1, 0.15) is 27.8 Å². The van der Waals surface area contributed by atoms with Gasteiger partial charge >= 0.3 is 0 Å². The lowest BCUT2D eigenvalue weighted by atomic mass is 10.2. The van der Waals surface area contributed by atoms with Gasteiger partial charge in [0.05, 0.1) is 10.0 Å². The first-order valence-corrected chi connectivity index (χ1v) is 6.98. The van der Waals surface area contributed by atoms with Crippen LogP contribution < -0.4 is 11.1 Å². The van der Waals surface area contributed by atoms with Crippen molar-refractivity contribution in [2.45, 2.75) is 6.92 Å². The molecule has 1 amide bonds. The highest BCUT2D eigenvalue weighted by Gasteiger charge is 2.14. The second kappa shape index (κ2) is 5.50. The Kier molecular flexibility index (Phi) is 3.96. The van der Waals surface area contributed by atoms with Gasteiger partial charge in [0.1, 0.15) is 5.69 Å². The van der Waals surface area contributed by atoms with Crippen LogP contribution in [0.3, 0.4) is 0 Å². The fourth-order valence-corrected chi connectivity index (χ4v) is 2.57. The molecule has 0 aliphatic heterocycles. The highest BCUT2D eigenvalue weighted by atomic mass is 79.9. The number of hydrogen-bond donors (Lipinski definition) is 2. The number of benzene rings is 1. The topological polar surface area (TPSA) is 85.1 Å². The molecule has 7 heteroatoms. The number of carbonyl (C=O) groups excluding carboxylic acids is 2. The van der Waals surface area contributed by atoms with Gasteiger partial charge in [0.25, 0.3) is 5.91 Å². The second-order valence-electron chi connectivity index (χ2n) is 3.76. The van der Waals surface area contributed by atoms with Crippen LogP contribution in [0, 0.1) is 0 Å². The summed E-state index contributed by atoms with van der Waals surface area (Å²) < 4.78 is 0.538. The number of hydrogen-bond acceptors (Lipinski definition) is 5. The van der Waals surface area contributed by atoms with Crippen molar-refractivity contribution >= 4 is 49.8 Å². The zero-order valence-corrected chi connectivity index (χ0v) is 12.3. The standard InChI is InChI=1S/C12H10BrN3O2S/c1-6(17)9-5-19-12(15-9)16-11(18)7-3-2-4-8(14)10(7)13/h2-5H,14H2,1H3,(H,15,16,18). The van der Waals surface area contributed by atoms with Crippen LogP contribution in [0.4, 0.5) is 10.8 Å². The number of ketones is 1. The first-order chi connectivity index (χ1) is 8.99. The summed E-state index contributed by atoms with van der Waals surface area (Å²) in [6, 6.07) is 5.03. The van der Waals surface area contributed by atoms with E-state index in [1.165, 1.54) is 18.3 Å². The summed E-state index contributed by atoms with van der Waals surface area (Å²) in [5.41, 5.74) is 6.95. The number of nitrogen functional groups attached to an aromatic ring is 1. The minimum Gasteiger partial charge on any atom is -0.398 e. The van der Waals surface area contributed by atoms with Gasteiger partial charge in [-0.3, -0.25) is 14.9 Å². The number of nitrogens with zero attached hydrogens (tertiary/aromatic N) is 1. The third kappa shape index (κ3) is 2.99. The molecule has 0 aliphatic carbocycles. The lowest BCUT2D eigenvalue weighted by Crippen LogP contribution is -2.13. The van der Waals surface area contributed by atoms with Crippen molar-refractivity contribution in [3.63, 3.8) is 0 Å². The first kappa shape index (κ1) is 13.7. The lowest BCUT2D eigenvalue weighted by molar-refractivity contribution is 0.100. The minimum absolute atomic E-state index is 0.137. The zero-order valence-electron chi connectivity index (χ0n) is 9.94. The predicted octanol–water partition coefficient (Wildman–Crippen LogP) is 2.94. The summed E-state index contributed by atoms with van der Waals surface area (Å²) in [7, 11) is 0. The number of rotatable bonds is 3. The fourth-order valence-electron chi connectivity index (χ4n) is 1.38. The maximum absolute atomic E-state index is 12.1. The number of thiazole rings is 1. The summed E-state index contributed by atoms with van der Waals surface area (Å²) in [5.74, 6) is -0.467. The van der Waals surface area contributed by atoms with Crippen molar-refractivity contribution in [1.29, 1.82) is 0 Å². The molecule has 0 saturated heterocycles. The Labute approximate surface area is 122 Å². The van der Waals surface area contributed by atoms with Crippen LogP contribution >= 0.6 is 27.3 Å². The van der Waals surface area contributed by atoms with Gasteiger partial charge < -0.3 is 5.73 Å². The summed E-state index contributed by atoms with van der Waals surface area (Å²) in [6.45, 7) is 1.43. The monoisotopic (exact) mass is 339 g/mol. The fraction of sp³-hybridized carbons (Fsp3) is 0.0833. The molecule has 0 unspecified atom stereocenters. The van der Waals surface area contributed by atoms with Crippen molar-refractivity contribution in [3.05, 3.63) is 39.3 Å². The molecule has 19 heavy (non-hydrogen) atoms. The molecule has 1 aromatic heterocycles. The number of aromatic nitrogens is 1. The first-order valence-electron chi connectivity index (χ1n) is 5.31. The number of nitrogens with two attached hydrogens (primary N) is 1. The van der Waals surface area contributed by atoms with Crippen LogP contribution in [0.25, 0.3) is 0 Å². The highest BCUT2D eigenvalue weighted by Crippen LogP contribution is 2.25. The number of nitrogens with one attached hydrogen (secondary N) is 1. The third-order valence-electron chi connectivity index (χ3n) is 2.36. The molecular weight excluding hydrogens is 330 g/mol. The van der Waals surface area contributed by atoms with E-state index in [4.69, 9.17) is 5.73 Å². The van der Waals surface area contributed by atoms with Crippen LogP contribution in [0.5, 0.6) is 0 Å². The third-order valence-corrected chi connectivity index (χ3v) is 4.00. The van der Waals surface area contributed by atoms with Gasteiger partial charge in [0.2, 0.25) is 0 Å². The zero-order chi connectivity index (χ0) is 14.0. The van der Waals surface area contributed by atoms with Crippen molar-refractivity contribution in [3.8, 4) is 0 Å². The lowest BCUT2D eigenvalue weighted by Gasteiger charge is -2.06. The summed E-state index contributed by atoms with van der Waals surface area (Å²) >= 11 is 4.47. The smallest absolute Gasteiger partial charge is 0.258 e. The van der Waals surface area contributed by atoms with Gasteiger partial charge in [-0.05, 0) is 28.1 Å². The van der Waals surface area contributed by atoms with Gasteiger partial charge in [-0.25, -0.2) is 4.98 Å². The molecule has 2 rings (SSSR count). The van der Waals surface area contributed by atoms with E-state index in [-0.39, 0.29) is 11.7 Å². The normalized spacial score (nSPS) is 10.2. The number of Topliss-reactive ketones (excluding diaryl/α,β-unsaturated/α-hetero) is 1. The summed E-state index contributed by atoms with van der Waals surface area (Å²) in [6.07, 6.45) is 0. The number of anilines is 2. The van der Waals surface area contributed by atoms with Crippen LogP contribution in [-0.2, 0) is 0 Å². The molecule has 1 heterocycles. The largest absolute Gasteiger partial charge is 0.398 e. The Bertz CT molecular complexity index is 654. The molecule has 3 N–H and O–H groups in total. The molecule has 0 radical (unpaired) electrons. The Morgan fingerprint density at radius 1 is 1.42 bits per heavy atom. The van der Waals surface area contributed by atoms with Crippen molar-refractivity contribution in [2.75, 3.05) is 11.1 Å². The molecule has 2 aromatic rings. The Balaban J connectivity index is 2.21. The quantitative estimate of drug-likeness (QED) is 0.665. The molecule has 0 spiro atoms. The van der Waals surface area contributed by atoms with E-state index in [0.717, 1.165) is 0 Å². The molecule has 0 aliphatic rings. The van der Waals surface area contributed by atoms with E-state index in [1.54, 1.807) is 23.6 Å². The molecule has 0 atom stereocenters. The maximum Gasteiger partial charge on any atom is 0.258 e. The van der Waals surface area contributed by atoms with Crippen LogP contribution in [-0.4, -0.2) is 16.7 Å². The van der Waals surface area contributed by atoms with E-state index in [2.05, 4.69) is 26.2 Å². The molecule has 0 fully saturated rings. The number of carbonyl (C=O) groups is 2. The van der Waals surface area contributed by atoms with Crippen LogP contribution in [0.2, 0.25) is 0 Å². The van der Waals surface area contributed by atoms with Gasteiger partial charge in [0, 0.05) is 18.0 Å². The van der Waals surface area contributed by atoms with Gasteiger partial charge in [-0.2, -0.15) is 0 Å². The van der Waals surface area contributed by atoms with Crippen LogP contribution in [0.15, 0.2) is 28.1 Å². The van der Waals surface area contributed by atoms with Gasteiger partial charge in [0.15, 0.2) is 10.9 Å². The summed E-state index contributed by atoms with van der Waals surface area (Å²) in [5, 5.41) is 4.61. The second-order valence-corrected chi connectivity index (χ2v) is 5.41.